The van der Waals surface area contributed by atoms with Crippen LogP contribution in [0, 0.1) is 0 Å². The average molecular weight is 617 g/mol. The van der Waals surface area contributed by atoms with Crippen molar-refractivity contribution in [1.82, 2.24) is 20.9 Å². The number of hydrogen-bond acceptors (Lipinski definition) is 8. The van der Waals surface area contributed by atoms with Gasteiger partial charge in [-0.2, -0.15) is 0 Å². The van der Waals surface area contributed by atoms with Crippen molar-refractivity contribution in [2.45, 2.75) is 82.0 Å². The van der Waals surface area contributed by atoms with Crippen LogP contribution in [-0.2, 0) is 25.6 Å². The number of nitrogens with two attached hydrogens (primary N) is 5. The molecule has 1 heterocycles. The van der Waals surface area contributed by atoms with Crippen LogP contribution in [0.5, 0.6) is 0 Å². The van der Waals surface area contributed by atoms with Crippen LogP contribution in [0.15, 0.2) is 35.5 Å². The number of nitrogens with zero attached hydrogens (tertiary/aromatic N) is 1. The summed E-state index contributed by atoms with van der Waals surface area (Å²) < 4.78 is 0. The SMILES string of the molecule is NCCCCC(NC(=O)C(N)Cc1c[nH]c2ccccc12)C(=O)NC(CCCCN)C(=O)NC(CCCN=C(N)N)C(=O)O. The van der Waals surface area contributed by atoms with E-state index in [0.717, 1.165) is 16.5 Å². The second-order valence-corrected chi connectivity index (χ2v) is 10.7. The molecule has 3 amide bonds. The summed E-state index contributed by atoms with van der Waals surface area (Å²) in [6.45, 7) is 0.994. The number of aliphatic carboxylic acids is 1. The molecular weight excluding hydrogens is 568 g/mol. The molecule has 2 rings (SSSR count). The van der Waals surface area contributed by atoms with Crippen LogP contribution >= 0.6 is 0 Å². The first kappa shape index (κ1) is 36.0. The number of guanidine groups is 1. The number of carboxylic acids is 1. The Kier molecular flexibility index (Phi) is 15.7. The molecule has 0 spiro atoms. The Labute approximate surface area is 257 Å². The van der Waals surface area contributed by atoms with Crippen LogP contribution < -0.4 is 44.6 Å². The maximum atomic E-state index is 13.5. The maximum absolute atomic E-state index is 13.5. The Morgan fingerprint density at radius 3 is 1.91 bits per heavy atom. The predicted molar refractivity (Wildman–Crippen MR) is 169 cm³/mol. The second kappa shape index (κ2) is 19.1. The number of hydrogen-bond donors (Lipinski definition) is 10. The summed E-state index contributed by atoms with van der Waals surface area (Å²) in [5.74, 6) is -3.10. The van der Waals surface area contributed by atoms with Crippen molar-refractivity contribution in [3.8, 4) is 0 Å². The average Bonchev–Trinajstić information content (AvgIpc) is 3.39. The summed E-state index contributed by atoms with van der Waals surface area (Å²) in [6, 6.07) is 3.47. The quantitative estimate of drug-likeness (QED) is 0.0458. The number of aromatic nitrogens is 1. The zero-order valence-electron chi connectivity index (χ0n) is 25.1. The Hall–Kier alpha value is -4.21. The van der Waals surface area contributed by atoms with E-state index in [1.165, 1.54) is 0 Å². The molecule has 0 aliphatic carbocycles. The van der Waals surface area contributed by atoms with Gasteiger partial charge in [-0.25, -0.2) is 4.79 Å². The van der Waals surface area contributed by atoms with E-state index in [-0.39, 0.29) is 38.2 Å². The predicted octanol–water partition coefficient (Wildman–Crippen LogP) is -1.11. The lowest BCUT2D eigenvalue weighted by Crippen LogP contribution is -2.57. The lowest BCUT2D eigenvalue weighted by Gasteiger charge is -2.25. The van der Waals surface area contributed by atoms with Crippen LogP contribution in [0.25, 0.3) is 10.9 Å². The number of para-hydroxylation sites is 1. The summed E-state index contributed by atoms with van der Waals surface area (Å²) in [5, 5.41) is 18.6. The van der Waals surface area contributed by atoms with E-state index in [2.05, 4.69) is 25.9 Å². The highest BCUT2D eigenvalue weighted by Crippen LogP contribution is 2.19. The Balaban J connectivity index is 2.12. The van der Waals surface area contributed by atoms with Gasteiger partial charge in [0.1, 0.15) is 18.1 Å². The van der Waals surface area contributed by atoms with Gasteiger partial charge in [0.05, 0.1) is 6.04 Å². The first-order valence-electron chi connectivity index (χ1n) is 15.0. The monoisotopic (exact) mass is 616 g/mol. The van der Waals surface area contributed by atoms with Crippen LogP contribution in [-0.4, -0.2) is 83.5 Å². The van der Waals surface area contributed by atoms with Gasteiger partial charge in [-0.3, -0.25) is 19.4 Å². The molecule has 1 aromatic heterocycles. The highest BCUT2D eigenvalue weighted by molar-refractivity contribution is 5.94. The molecule has 15 N–H and O–H groups in total. The van der Waals surface area contributed by atoms with Crippen LogP contribution in [0.3, 0.4) is 0 Å². The Bertz CT molecular complexity index is 1250. The molecule has 1 aromatic carbocycles. The Morgan fingerprint density at radius 1 is 0.795 bits per heavy atom. The van der Waals surface area contributed by atoms with E-state index in [0.29, 0.717) is 45.2 Å². The van der Waals surface area contributed by atoms with Gasteiger partial charge in [-0.1, -0.05) is 18.2 Å². The van der Waals surface area contributed by atoms with Gasteiger partial charge in [0.25, 0.3) is 0 Å². The number of H-pyrrole nitrogens is 1. The fourth-order valence-corrected chi connectivity index (χ4v) is 4.74. The van der Waals surface area contributed by atoms with Crippen molar-refractivity contribution in [3.05, 3.63) is 36.0 Å². The van der Waals surface area contributed by atoms with Crippen molar-refractivity contribution < 1.29 is 24.3 Å². The third-order valence-electron chi connectivity index (χ3n) is 7.17. The summed E-state index contributed by atoms with van der Waals surface area (Å²) in [6.07, 6.45) is 5.22. The first-order chi connectivity index (χ1) is 21.1. The zero-order valence-corrected chi connectivity index (χ0v) is 25.1. The van der Waals surface area contributed by atoms with E-state index in [1.807, 2.05) is 24.3 Å². The standard InChI is InChI=1S/C29H48N10O5/c30-13-5-3-10-22(37-25(40)20(32)16-18-17-36-21-9-2-1-8-19(18)21)26(41)38-23(11-4-6-14-31)27(42)39-24(28(43)44)12-7-15-35-29(33)34/h1-2,8-9,17,20,22-24,36H,3-7,10-16,30-32H2,(H,37,40)(H,38,41)(H,39,42)(H,43,44)(H4,33,34,35). The topological polar surface area (TPSA) is 283 Å². The van der Waals surface area contributed by atoms with Crippen LogP contribution in [0.4, 0.5) is 0 Å². The van der Waals surface area contributed by atoms with Gasteiger partial charge in [0.15, 0.2) is 5.96 Å². The molecule has 0 aliphatic rings. The number of carboxylic acid groups (broad SMARTS) is 1. The minimum absolute atomic E-state index is 0.0768. The van der Waals surface area contributed by atoms with E-state index in [4.69, 9.17) is 28.7 Å². The number of amides is 3. The molecule has 0 fully saturated rings. The third kappa shape index (κ3) is 12.2. The van der Waals surface area contributed by atoms with Crippen molar-refractivity contribution >= 4 is 40.6 Å². The molecule has 4 atom stereocenters. The number of aromatic amines is 1. The molecule has 15 nitrogen and oxygen atoms in total. The minimum Gasteiger partial charge on any atom is -0.480 e. The van der Waals surface area contributed by atoms with Crippen molar-refractivity contribution in [2.75, 3.05) is 19.6 Å². The van der Waals surface area contributed by atoms with Crippen LogP contribution in [0.1, 0.15) is 56.9 Å². The molecule has 244 valence electrons. The van der Waals surface area contributed by atoms with E-state index < -0.39 is 47.9 Å². The van der Waals surface area contributed by atoms with Crippen LogP contribution in [0.2, 0.25) is 0 Å². The largest absolute Gasteiger partial charge is 0.480 e. The van der Waals surface area contributed by atoms with Crippen molar-refractivity contribution in [2.24, 2.45) is 33.7 Å². The molecule has 2 aromatic rings. The number of rotatable bonds is 21. The molecule has 15 heteroatoms. The second-order valence-electron chi connectivity index (χ2n) is 10.7. The van der Waals surface area contributed by atoms with E-state index in [9.17, 15) is 24.3 Å². The van der Waals surface area contributed by atoms with Crippen molar-refractivity contribution in [3.63, 3.8) is 0 Å². The fourth-order valence-electron chi connectivity index (χ4n) is 4.74. The van der Waals surface area contributed by atoms with Gasteiger partial charge >= 0.3 is 5.97 Å². The Morgan fingerprint density at radius 2 is 1.34 bits per heavy atom. The molecule has 0 saturated heterocycles. The minimum atomic E-state index is -1.23. The van der Waals surface area contributed by atoms with E-state index >= 15 is 0 Å². The third-order valence-corrected chi connectivity index (χ3v) is 7.17. The van der Waals surface area contributed by atoms with Gasteiger partial charge in [0, 0.05) is 23.6 Å². The number of carbonyl (C=O) groups is 4. The summed E-state index contributed by atoms with van der Waals surface area (Å²) in [5.41, 5.74) is 29.9. The van der Waals surface area contributed by atoms with Crippen molar-refractivity contribution in [1.29, 1.82) is 0 Å². The molecule has 0 aliphatic heterocycles. The lowest BCUT2D eigenvalue weighted by molar-refractivity contribution is -0.142. The number of benzene rings is 1. The number of fused-ring (bicyclic) bond motifs is 1. The van der Waals surface area contributed by atoms with Gasteiger partial charge in [0.2, 0.25) is 17.7 Å². The first-order valence-corrected chi connectivity index (χ1v) is 15.0. The molecule has 0 radical (unpaired) electrons. The number of aliphatic imine (C=N–C) groups is 1. The number of nitrogens with one attached hydrogen (secondary N) is 4. The molecule has 44 heavy (non-hydrogen) atoms. The highest BCUT2D eigenvalue weighted by atomic mass is 16.4. The van der Waals surface area contributed by atoms with Gasteiger partial charge in [-0.05, 0) is 82.5 Å². The maximum Gasteiger partial charge on any atom is 0.326 e. The summed E-state index contributed by atoms with van der Waals surface area (Å²) >= 11 is 0. The number of carbonyl (C=O) groups excluding carboxylic acids is 3. The summed E-state index contributed by atoms with van der Waals surface area (Å²) in [4.78, 5) is 58.6. The molecule has 0 bridgehead atoms. The van der Waals surface area contributed by atoms with E-state index in [1.54, 1.807) is 6.20 Å². The smallest absolute Gasteiger partial charge is 0.326 e. The fraction of sp³-hybridized carbons (Fsp3) is 0.552. The zero-order chi connectivity index (χ0) is 32.5. The highest BCUT2D eigenvalue weighted by Gasteiger charge is 2.30. The summed E-state index contributed by atoms with van der Waals surface area (Å²) in [7, 11) is 0. The number of unbranched alkanes of at least 4 members (excludes halogenated alkanes) is 2. The molecular formula is C29H48N10O5. The molecule has 0 saturated carbocycles. The van der Waals surface area contributed by atoms with Gasteiger partial charge < -0.3 is 54.7 Å². The normalized spacial score (nSPS) is 13.8. The van der Waals surface area contributed by atoms with Gasteiger partial charge in [-0.15, -0.1) is 0 Å². The lowest BCUT2D eigenvalue weighted by atomic mass is 10.0. The molecule has 4 unspecified atom stereocenters.